The first-order valence-corrected chi connectivity index (χ1v) is 5.18. The molecular formula is C13H17N. The number of nitrogens with one attached hydrogen (secondary N) is 1. The molecule has 1 nitrogen and oxygen atoms in total. The lowest BCUT2D eigenvalue weighted by Crippen LogP contribution is -2.16. The average molecular weight is 187 g/mol. The van der Waals surface area contributed by atoms with Crippen molar-refractivity contribution in [3.05, 3.63) is 35.7 Å². The molecule has 1 aromatic rings. The van der Waals surface area contributed by atoms with Crippen LogP contribution in [0, 0.1) is 11.3 Å². The number of fused-ring (bicyclic) bond motifs is 1. The van der Waals surface area contributed by atoms with Crippen molar-refractivity contribution in [1.82, 2.24) is 4.98 Å². The van der Waals surface area contributed by atoms with Gasteiger partial charge in [-0.25, -0.2) is 0 Å². The van der Waals surface area contributed by atoms with Crippen LogP contribution in [0.25, 0.3) is 12.2 Å². The van der Waals surface area contributed by atoms with Crippen molar-refractivity contribution < 1.29 is 0 Å². The minimum atomic E-state index is 0.180. The number of aromatic amines is 1. The first kappa shape index (κ1) is 9.32. The quantitative estimate of drug-likeness (QED) is 0.689. The Morgan fingerprint density at radius 1 is 1.21 bits per heavy atom. The molecule has 14 heavy (non-hydrogen) atoms. The predicted octanol–water partition coefficient (Wildman–Crippen LogP) is 3.72. The number of hydrogen-bond donors (Lipinski definition) is 1. The fourth-order valence-corrected chi connectivity index (χ4v) is 1.66. The maximum atomic E-state index is 3.24. The van der Waals surface area contributed by atoms with Gasteiger partial charge in [-0.2, -0.15) is 0 Å². The highest BCUT2D eigenvalue weighted by molar-refractivity contribution is 5.66. The van der Waals surface area contributed by atoms with Gasteiger partial charge in [-0.05, 0) is 23.6 Å². The largest absolute Gasteiger partial charge is 0.361 e. The number of aromatic nitrogens is 1. The zero-order valence-corrected chi connectivity index (χ0v) is 9.04. The lowest BCUT2D eigenvalue weighted by Gasteiger charge is -2.26. The van der Waals surface area contributed by atoms with Gasteiger partial charge in [0.15, 0.2) is 0 Å². The maximum Gasteiger partial charge on any atom is 0.0450 e. The van der Waals surface area contributed by atoms with E-state index in [1.54, 1.807) is 0 Å². The molecule has 0 bridgehead atoms. The van der Waals surface area contributed by atoms with Gasteiger partial charge >= 0.3 is 0 Å². The average Bonchev–Trinajstić information content (AvgIpc) is 2.53. The highest BCUT2D eigenvalue weighted by Crippen LogP contribution is 2.34. The Bertz CT molecular complexity index is 351. The third-order valence-electron chi connectivity index (χ3n) is 3.29. The molecule has 0 fully saturated rings. The summed E-state index contributed by atoms with van der Waals surface area (Å²) in [5.74, 6) is 0.624. The van der Waals surface area contributed by atoms with Crippen LogP contribution in [-0.2, 0) is 0 Å². The maximum absolute atomic E-state index is 3.24. The van der Waals surface area contributed by atoms with Crippen molar-refractivity contribution in [1.29, 1.82) is 0 Å². The summed E-state index contributed by atoms with van der Waals surface area (Å²) < 4.78 is 0. The summed E-state index contributed by atoms with van der Waals surface area (Å²) in [6, 6.07) is 2.11. The first-order chi connectivity index (χ1) is 6.62. The molecule has 2 rings (SSSR count). The van der Waals surface area contributed by atoms with Crippen molar-refractivity contribution >= 4 is 12.2 Å². The van der Waals surface area contributed by atoms with Crippen LogP contribution < -0.4 is 0 Å². The van der Waals surface area contributed by atoms with Crippen molar-refractivity contribution in [3.8, 4) is 0 Å². The fraction of sp³-hybridized carbons (Fsp3) is 0.385. The number of allylic oxidation sites excluding steroid dienone is 2. The van der Waals surface area contributed by atoms with Crippen LogP contribution in [0.2, 0.25) is 0 Å². The van der Waals surface area contributed by atoms with Crippen LogP contribution >= 0.6 is 0 Å². The van der Waals surface area contributed by atoms with Crippen molar-refractivity contribution in [3.63, 3.8) is 0 Å². The normalized spacial score (nSPS) is 25.1. The molecule has 1 aromatic heterocycles. The molecule has 0 saturated heterocycles. The van der Waals surface area contributed by atoms with E-state index in [2.05, 4.69) is 56.1 Å². The van der Waals surface area contributed by atoms with Crippen LogP contribution in [0.1, 0.15) is 32.0 Å². The summed E-state index contributed by atoms with van der Waals surface area (Å²) >= 11 is 0. The summed E-state index contributed by atoms with van der Waals surface area (Å²) in [5.41, 5.74) is 2.68. The molecule has 0 aromatic carbocycles. The SMILES string of the molecule is CC(C)C1(C)C=Cc2cc[nH]c2C=C1. The molecule has 1 aliphatic rings. The summed E-state index contributed by atoms with van der Waals surface area (Å²) in [4.78, 5) is 3.24. The Labute approximate surface area is 85.5 Å². The van der Waals surface area contributed by atoms with E-state index in [1.165, 1.54) is 11.3 Å². The van der Waals surface area contributed by atoms with Gasteiger partial charge in [0, 0.05) is 17.3 Å². The molecule has 0 amide bonds. The molecule has 0 aliphatic heterocycles. The van der Waals surface area contributed by atoms with Gasteiger partial charge in [0.1, 0.15) is 0 Å². The third kappa shape index (κ3) is 1.43. The highest BCUT2D eigenvalue weighted by atomic mass is 14.7. The van der Waals surface area contributed by atoms with Gasteiger partial charge in [0.05, 0.1) is 0 Å². The fourth-order valence-electron chi connectivity index (χ4n) is 1.66. The standard InChI is InChI=1S/C13H17N/c1-10(2)13(3)7-4-11-6-9-14-12(11)5-8-13/h4-10,14H,1-3H3. The topological polar surface area (TPSA) is 15.8 Å². The second-order valence-corrected chi connectivity index (χ2v) is 4.53. The van der Waals surface area contributed by atoms with E-state index in [1.807, 2.05) is 6.20 Å². The molecule has 0 radical (unpaired) electrons. The van der Waals surface area contributed by atoms with Crippen molar-refractivity contribution in [2.45, 2.75) is 20.8 Å². The van der Waals surface area contributed by atoms with Gasteiger partial charge in [-0.1, -0.05) is 39.0 Å². The first-order valence-electron chi connectivity index (χ1n) is 5.18. The van der Waals surface area contributed by atoms with E-state index in [0.717, 1.165) is 0 Å². The zero-order valence-electron chi connectivity index (χ0n) is 9.04. The van der Waals surface area contributed by atoms with Gasteiger partial charge in [-0.3, -0.25) is 0 Å². The summed E-state index contributed by atoms with van der Waals surface area (Å²) in [5, 5.41) is 0. The summed E-state index contributed by atoms with van der Waals surface area (Å²) in [6.45, 7) is 6.79. The molecule has 1 heterocycles. The lowest BCUT2D eigenvalue weighted by atomic mass is 9.79. The smallest absolute Gasteiger partial charge is 0.0450 e. The molecule has 0 spiro atoms. The molecule has 1 unspecified atom stereocenters. The van der Waals surface area contributed by atoms with Crippen LogP contribution in [0.15, 0.2) is 24.4 Å². The number of hydrogen-bond acceptors (Lipinski definition) is 0. The predicted molar refractivity (Wildman–Crippen MR) is 61.8 cm³/mol. The van der Waals surface area contributed by atoms with E-state index in [9.17, 15) is 0 Å². The molecular weight excluding hydrogens is 170 g/mol. The molecule has 1 atom stereocenters. The summed E-state index contributed by atoms with van der Waals surface area (Å²) in [6.07, 6.45) is 11.0. The van der Waals surface area contributed by atoms with Gasteiger partial charge in [0.25, 0.3) is 0 Å². The number of H-pyrrole nitrogens is 1. The second-order valence-electron chi connectivity index (χ2n) is 4.53. The molecule has 74 valence electrons. The Hall–Kier alpha value is -1.24. The van der Waals surface area contributed by atoms with Gasteiger partial charge < -0.3 is 4.98 Å². The minimum absolute atomic E-state index is 0.180. The zero-order chi connectivity index (χ0) is 10.2. The highest BCUT2D eigenvalue weighted by Gasteiger charge is 2.23. The van der Waals surface area contributed by atoms with E-state index in [4.69, 9.17) is 0 Å². The Morgan fingerprint density at radius 3 is 2.64 bits per heavy atom. The Kier molecular flexibility index (Phi) is 2.10. The van der Waals surface area contributed by atoms with E-state index >= 15 is 0 Å². The molecule has 1 N–H and O–H groups in total. The van der Waals surface area contributed by atoms with E-state index in [-0.39, 0.29) is 5.41 Å². The molecule has 1 heteroatoms. The van der Waals surface area contributed by atoms with Gasteiger partial charge in [0.2, 0.25) is 0 Å². The van der Waals surface area contributed by atoms with Crippen LogP contribution in [-0.4, -0.2) is 4.98 Å². The summed E-state index contributed by atoms with van der Waals surface area (Å²) in [7, 11) is 0. The van der Waals surface area contributed by atoms with Crippen molar-refractivity contribution in [2.24, 2.45) is 11.3 Å². The van der Waals surface area contributed by atoms with Gasteiger partial charge in [-0.15, -0.1) is 0 Å². The minimum Gasteiger partial charge on any atom is -0.361 e. The lowest BCUT2D eigenvalue weighted by molar-refractivity contribution is 0.387. The number of rotatable bonds is 1. The molecule has 0 saturated carbocycles. The third-order valence-corrected chi connectivity index (χ3v) is 3.29. The van der Waals surface area contributed by atoms with E-state index in [0.29, 0.717) is 5.92 Å². The monoisotopic (exact) mass is 187 g/mol. The van der Waals surface area contributed by atoms with Crippen molar-refractivity contribution in [2.75, 3.05) is 0 Å². The van der Waals surface area contributed by atoms with Crippen LogP contribution in [0.3, 0.4) is 0 Å². The Morgan fingerprint density at radius 2 is 1.93 bits per heavy atom. The molecule has 1 aliphatic carbocycles. The van der Waals surface area contributed by atoms with E-state index < -0.39 is 0 Å². The van der Waals surface area contributed by atoms with Crippen LogP contribution in [0.4, 0.5) is 0 Å². The van der Waals surface area contributed by atoms with Crippen LogP contribution in [0.5, 0.6) is 0 Å². The Balaban J connectivity index is 2.42. The second kappa shape index (κ2) is 3.16.